The Hall–Kier alpha value is -4.16. The molecule has 0 radical (unpaired) electrons. The van der Waals surface area contributed by atoms with Crippen LogP contribution in [0.15, 0.2) is 71.7 Å². The molecule has 5 rings (SSSR count). The summed E-state index contributed by atoms with van der Waals surface area (Å²) in [5.41, 5.74) is 7.69. The summed E-state index contributed by atoms with van der Waals surface area (Å²) in [5.74, 6) is -1.77. The number of benzene rings is 1. The van der Waals surface area contributed by atoms with Crippen LogP contribution in [0.25, 0.3) is 0 Å². The van der Waals surface area contributed by atoms with Gasteiger partial charge in [-0.2, -0.15) is 4.57 Å². The number of aliphatic carboxylic acids is 1. The van der Waals surface area contributed by atoms with E-state index in [1.54, 1.807) is 52.2 Å². The van der Waals surface area contributed by atoms with Crippen molar-refractivity contribution < 1.29 is 34.0 Å². The number of fused-ring (bicyclic) bond motifs is 1. The largest absolute Gasteiger partial charge is 0.508 e. The zero-order valence-electron chi connectivity index (χ0n) is 19.5. The SMILES string of the molecule is N[C@@H]1C(=O)N2C(C(=O)O)=C(/C=C3\CCN(c4ccc[n+](CC(=O)Nc5ccc(O)cc5)c4)C3=O)CS[C@H]12. The van der Waals surface area contributed by atoms with Gasteiger partial charge in [0.25, 0.3) is 11.8 Å². The number of thioether (sulfide) groups is 1. The third-order valence-corrected chi connectivity index (χ3v) is 7.67. The van der Waals surface area contributed by atoms with Crippen molar-refractivity contribution in [3.8, 4) is 5.75 Å². The van der Waals surface area contributed by atoms with Crippen LogP contribution in [-0.4, -0.2) is 62.5 Å². The summed E-state index contributed by atoms with van der Waals surface area (Å²) in [4.78, 5) is 52.5. The van der Waals surface area contributed by atoms with Crippen molar-refractivity contribution in [2.45, 2.75) is 24.4 Å². The molecule has 0 saturated carbocycles. The number of allylic oxidation sites excluding steroid dienone is 1. The lowest BCUT2D eigenvalue weighted by Gasteiger charge is -2.47. The molecule has 0 unspecified atom stereocenters. The first kappa shape index (κ1) is 24.5. The number of carbonyl (C=O) groups excluding carboxylic acids is 3. The van der Waals surface area contributed by atoms with Crippen molar-refractivity contribution in [3.05, 3.63) is 71.7 Å². The number of carboxylic acids is 1. The fourth-order valence-corrected chi connectivity index (χ4v) is 5.79. The second-order valence-electron chi connectivity index (χ2n) is 8.82. The maximum Gasteiger partial charge on any atom is 0.352 e. The van der Waals surface area contributed by atoms with Crippen molar-refractivity contribution in [2.24, 2.45) is 5.73 Å². The summed E-state index contributed by atoms with van der Waals surface area (Å²) in [5, 5.41) is 21.5. The summed E-state index contributed by atoms with van der Waals surface area (Å²) in [6.45, 7) is 0.409. The molecule has 3 amide bonds. The Morgan fingerprint density at radius 1 is 1.22 bits per heavy atom. The van der Waals surface area contributed by atoms with E-state index in [0.29, 0.717) is 41.2 Å². The van der Waals surface area contributed by atoms with Crippen LogP contribution in [0.2, 0.25) is 0 Å². The van der Waals surface area contributed by atoms with Gasteiger partial charge in [-0.05, 0) is 48.4 Å². The number of β-lactam (4-membered cyclic amide) rings is 1. The highest BCUT2D eigenvalue weighted by atomic mass is 32.2. The lowest BCUT2D eigenvalue weighted by atomic mass is 10.0. The van der Waals surface area contributed by atoms with Crippen molar-refractivity contribution in [3.63, 3.8) is 0 Å². The molecular formula is C25H24N5O6S+. The predicted molar refractivity (Wildman–Crippen MR) is 134 cm³/mol. The molecule has 2 aromatic rings. The van der Waals surface area contributed by atoms with Crippen molar-refractivity contribution in [2.75, 3.05) is 22.5 Å². The molecule has 0 spiro atoms. The molecule has 0 aliphatic carbocycles. The fourth-order valence-electron chi connectivity index (χ4n) is 4.53. The number of nitrogens with zero attached hydrogens (tertiary/aromatic N) is 3. The third-order valence-electron chi connectivity index (χ3n) is 6.35. The second kappa shape index (κ2) is 9.71. The molecule has 0 bridgehead atoms. The average Bonchev–Trinajstić information content (AvgIpc) is 3.24. The molecule has 3 aliphatic heterocycles. The Bertz CT molecular complexity index is 1370. The summed E-state index contributed by atoms with van der Waals surface area (Å²) in [6, 6.07) is 8.91. The first-order chi connectivity index (χ1) is 17.7. The van der Waals surface area contributed by atoms with E-state index in [2.05, 4.69) is 5.32 Å². The van der Waals surface area contributed by atoms with Gasteiger partial charge >= 0.3 is 5.97 Å². The molecule has 3 aliphatic rings. The van der Waals surface area contributed by atoms with Gasteiger partial charge < -0.3 is 26.2 Å². The number of nitrogens with one attached hydrogen (secondary N) is 1. The Morgan fingerprint density at radius 2 is 1.97 bits per heavy atom. The lowest BCUT2D eigenvalue weighted by molar-refractivity contribution is -0.683. The van der Waals surface area contributed by atoms with Gasteiger partial charge in [-0.25, -0.2) is 4.79 Å². The number of aromatic nitrogens is 1. The first-order valence-electron chi connectivity index (χ1n) is 11.5. The van der Waals surface area contributed by atoms with Crippen LogP contribution in [0.5, 0.6) is 5.75 Å². The number of nitrogens with two attached hydrogens (primary N) is 1. The highest BCUT2D eigenvalue weighted by Crippen LogP contribution is 2.40. The fraction of sp³-hybridized carbons (Fsp3) is 0.240. The normalized spacial score (nSPS) is 22.2. The highest BCUT2D eigenvalue weighted by molar-refractivity contribution is 8.00. The maximum atomic E-state index is 13.2. The number of aromatic hydroxyl groups is 1. The van der Waals surface area contributed by atoms with Crippen LogP contribution in [0, 0.1) is 0 Å². The molecule has 1 aromatic carbocycles. The molecule has 2 saturated heterocycles. The van der Waals surface area contributed by atoms with Crippen LogP contribution in [0.4, 0.5) is 11.4 Å². The van der Waals surface area contributed by atoms with E-state index >= 15 is 0 Å². The Kier molecular flexibility index (Phi) is 6.44. The average molecular weight is 523 g/mol. The minimum absolute atomic E-state index is 0.0126. The predicted octanol–water partition coefficient (Wildman–Crippen LogP) is 0.563. The minimum atomic E-state index is -1.23. The van der Waals surface area contributed by atoms with E-state index in [-0.39, 0.29) is 29.8 Å². The number of amides is 3. The molecule has 4 heterocycles. The van der Waals surface area contributed by atoms with E-state index in [0.717, 1.165) is 0 Å². The van der Waals surface area contributed by atoms with E-state index in [9.17, 15) is 29.4 Å². The van der Waals surface area contributed by atoms with E-state index in [4.69, 9.17) is 5.73 Å². The van der Waals surface area contributed by atoms with Gasteiger partial charge in [0, 0.05) is 29.6 Å². The van der Waals surface area contributed by atoms with Crippen molar-refractivity contribution in [1.29, 1.82) is 0 Å². The third kappa shape index (κ3) is 4.68. The number of anilines is 2. The zero-order valence-corrected chi connectivity index (χ0v) is 20.4. The molecule has 1 aromatic heterocycles. The van der Waals surface area contributed by atoms with Crippen LogP contribution >= 0.6 is 11.8 Å². The molecular weight excluding hydrogens is 498 g/mol. The van der Waals surface area contributed by atoms with E-state index in [1.165, 1.54) is 28.8 Å². The van der Waals surface area contributed by atoms with Gasteiger partial charge in [0.1, 0.15) is 28.5 Å². The number of phenolic OH excluding ortho intramolecular Hbond substituents is 1. The molecule has 2 atom stereocenters. The van der Waals surface area contributed by atoms with Gasteiger partial charge in [-0.3, -0.25) is 19.3 Å². The summed E-state index contributed by atoms with van der Waals surface area (Å²) >= 11 is 1.38. The van der Waals surface area contributed by atoms with Crippen molar-refractivity contribution in [1.82, 2.24) is 4.90 Å². The van der Waals surface area contributed by atoms with E-state index < -0.39 is 23.3 Å². The molecule has 5 N–H and O–H groups in total. The second-order valence-corrected chi connectivity index (χ2v) is 9.93. The Morgan fingerprint density at radius 3 is 2.70 bits per heavy atom. The number of rotatable bonds is 6. The standard InChI is InChI=1S/C25H23N5O6S/c26-20-23(34)30-21(25(35)36)15(13-37-24(20)30)10-14-7-9-29(22(14)33)17-2-1-8-28(11-17)12-19(32)27-16-3-5-18(31)6-4-16/h1-6,8,10-11,20,24H,7,9,12-13,26H2,(H2-,27,31,32,35,36)/p+1/b14-10+/t20-,24-/m1/s1. The van der Waals surface area contributed by atoms with Crippen molar-refractivity contribution >= 4 is 46.8 Å². The number of hydrogen-bond acceptors (Lipinski definition) is 7. The molecule has 190 valence electrons. The maximum absolute atomic E-state index is 13.2. The zero-order chi connectivity index (χ0) is 26.3. The number of hydrogen-bond donors (Lipinski definition) is 4. The smallest absolute Gasteiger partial charge is 0.352 e. The number of carbonyl (C=O) groups is 4. The molecule has 37 heavy (non-hydrogen) atoms. The molecule has 2 fully saturated rings. The number of phenols is 1. The van der Waals surface area contributed by atoms with Gasteiger partial charge in [0.2, 0.25) is 12.5 Å². The van der Waals surface area contributed by atoms with Gasteiger partial charge in [-0.15, -0.1) is 11.8 Å². The quantitative estimate of drug-likeness (QED) is 0.186. The lowest BCUT2D eigenvalue weighted by Crippen LogP contribution is -2.68. The number of pyridine rings is 1. The first-order valence-corrected chi connectivity index (χ1v) is 12.5. The number of carboxylic acid groups (broad SMARTS) is 1. The summed E-state index contributed by atoms with van der Waals surface area (Å²) < 4.78 is 1.65. The van der Waals surface area contributed by atoms with Crippen LogP contribution in [-0.2, 0) is 25.7 Å². The Labute approximate surface area is 215 Å². The Balaban J connectivity index is 1.31. The summed E-state index contributed by atoms with van der Waals surface area (Å²) in [7, 11) is 0. The topological polar surface area (TPSA) is 157 Å². The van der Waals surface area contributed by atoms with Gasteiger partial charge in [0.05, 0.1) is 0 Å². The minimum Gasteiger partial charge on any atom is -0.508 e. The molecule has 11 nitrogen and oxygen atoms in total. The molecule has 12 heteroatoms. The summed E-state index contributed by atoms with van der Waals surface area (Å²) in [6.07, 6.45) is 5.40. The van der Waals surface area contributed by atoms with Gasteiger partial charge in [0.15, 0.2) is 12.4 Å². The van der Waals surface area contributed by atoms with E-state index in [1.807, 2.05) is 0 Å². The van der Waals surface area contributed by atoms with Crippen LogP contribution in [0.3, 0.4) is 0 Å². The monoisotopic (exact) mass is 522 g/mol. The van der Waals surface area contributed by atoms with Crippen LogP contribution < -0.4 is 20.5 Å². The van der Waals surface area contributed by atoms with Gasteiger partial charge in [-0.1, -0.05) is 0 Å². The van der Waals surface area contributed by atoms with Crippen LogP contribution in [0.1, 0.15) is 6.42 Å². The highest BCUT2D eigenvalue weighted by Gasteiger charge is 2.51.